The fraction of sp³-hybridized carbons (Fsp3) is 0.0476. The Labute approximate surface area is 145 Å². The molecule has 0 spiro atoms. The molecule has 0 fully saturated rings. The number of hydrogen-bond acceptors (Lipinski definition) is 3. The lowest BCUT2D eigenvalue weighted by atomic mass is 9.90. The molecule has 0 aliphatic heterocycles. The quantitative estimate of drug-likeness (QED) is 0.587. The van der Waals surface area contributed by atoms with E-state index in [1.165, 1.54) is 4.68 Å². The van der Waals surface area contributed by atoms with E-state index in [1.54, 1.807) is 6.07 Å². The first-order chi connectivity index (χ1) is 12.3. The molecule has 0 bridgehead atoms. The summed E-state index contributed by atoms with van der Waals surface area (Å²) >= 11 is 0. The average Bonchev–Trinajstić information content (AvgIpc) is 2.68. The standard InChI is InChI=1S/C21H17N3O/c22-24-20(23-18-14-8-7-13-17(18)21(24)25)19(15-9-3-1-4-10-15)16-11-5-2-6-12-16/h1-14,19H,22H2. The first kappa shape index (κ1) is 15.1. The Morgan fingerprint density at radius 2 is 1.28 bits per heavy atom. The molecule has 0 atom stereocenters. The zero-order valence-corrected chi connectivity index (χ0v) is 13.5. The molecule has 2 N–H and O–H groups in total. The van der Waals surface area contributed by atoms with Crippen molar-refractivity contribution in [3.05, 3.63) is 112 Å². The maximum Gasteiger partial charge on any atom is 0.279 e. The molecule has 4 rings (SSSR count). The van der Waals surface area contributed by atoms with Crippen LogP contribution in [0, 0.1) is 0 Å². The molecule has 0 saturated heterocycles. The van der Waals surface area contributed by atoms with Gasteiger partial charge in [-0.05, 0) is 23.3 Å². The maximum atomic E-state index is 12.7. The summed E-state index contributed by atoms with van der Waals surface area (Å²) in [6, 6.07) is 27.2. The second-order valence-electron chi connectivity index (χ2n) is 5.92. The molecule has 1 aromatic heterocycles. The topological polar surface area (TPSA) is 60.9 Å². The molecular formula is C21H17N3O. The molecule has 4 heteroatoms. The molecule has 0 amide bonds. The Morgan fingerprint density at radius 1 is 0.760 bits per heavy atom. The van der Waals surface area contributed by atoms with Crippen molar-refractivity contribution >= 4 is 10.9 Å². The number of hydrogen-bond donors (Lipinski definition) is 1. The lowest BCUT2D eigenvalue weighted by Gasteiger charge is -2.20. The zero-order chi connectivity index (χ0) is 17.2. The number of para-hydroxylation sites is 1. The van der Waals surface area contributed by atoms with Gasteiger partial charge in [-0.25, -0.2) is 9.66 Å². The van der Waals surface area contributed by atoms with Crippen molar-refractivity contribution in [2.75, 3.05) is 5.84 Å². The van der Waals surface area contributed by atoms with Gasteiger partial charge in [-0.3, -0.25) is 4.79 Å². The third kappa shape index (κ3) is 2.68. The summed E-state index contributed by atoms with van der Waals surface area (Å²) in [6.07, 6.45) is 0. The van der Waals surface area contributed by atoms with Crippen LogP contribution in [-0.2, 0) is 0 Å². The minimum Gasteiger partial charge on any atom is -0.335 e. The molecule has 25 heavy (non-hydrogen) atoms. The second-order valence-corrected chi connectivity index (χ2v) is 5.92. The van der Waals surface area contributed by atoms with Gasteiger partial charge in [-0.2, -0.15) is 0 Å². The van der Waals surface area contributed by atoms with E-state index in [2.05, 4.69) is 0 Å². The number of nitrogens with zero attached hydrogens (tertiary/aromatic N) is 2. The van der Waals surface area contributed by atoms with Crippen molar-refractivity contribution in [2.24, 2.45) is 0 Å². The van der Waals surface area contributed by atoms with Gasteiger partial charge in [0.2, 0.25) is 0 Å². The van der Waals surface area contributed by atoms with Gasteiger partial charge in [-0.15, -0.1) is 0 Å². The van der Waals surface area contributed by atoms with E-state index in [0.717, 1.165) is 11.1 Å². The van der Waals surface area contributed by atoms with Crippen molar-refractivity contribution in [3.8, 4) is 0 Å². The number of benzene rings is 3. The van der Waals surface area contributed by atoms with Crippen molar-refractivity contribution < 1.29 is 0 Å². The summed E-state index contributed by atoms with van der Waals surface area (Å²) in [6.45, 7) is 0. The predicted octanol–water partition coefficient (Wildman–Crippen LogP) is 3.29. The molecule has 4 aromatic rings. The minimum absolute atomic E-state index is 0.218. The second kappa shape index (κ2) is 6.24. The Bertz CT molecular complexity index is 1030. The number of nitrogen functional groups attached to an aromatic ring is 1. The normalized spacial score (nSPS) is 11.1. The van der Waals surface area contributed by atoms with Gasteiger partial charge in [0.15, 0.2) is 0 Å². The Kier molecular flexibility index (Phi) is 3.78. The molecule has 0 radical (unpaired) electrons. The third-order valence-electron chi connectivity index (χ3n) is 4.36. The van der Waals surface area contributed by atoms with Crippen LogP contribution in [0.3, 0.4) is 0 Å². The lowest BCUT2D eigenvalue weighted by Crippen LogP contribution is -2.33. The van der Waals surface area contributed by atoms with E-state index >= 15 is 0 Å². The molecular weight excluding hydrogens is 310 g/mol. The number of rotatable bonds is 3. The smallest absolute Gasteiger partial charge is 0.279 e. The van der Waals surface area contributed by atoms with Gasteiger partial charge in [0.1, 0.15) is 5.82 Å². The fourth-order valence-corrected chi connectivity index (χ4v) is 3.15. The van der Waals surface area contributed by atoms with E-state index in [0.29, 0.717) is 16.7 Å². The largest absolute Gasteiger partial charge is 0.335 e. The van der Waals surface area contributed by atoms with Crippen molar-refractivity contribution in [2.45, 2.75) is 5.92 Å². The highest BCUT2D eigenvalue weighted by Crippen LogP contribution is 2.30. The summed E-state index contributed by atoms with van der Waals surface area (Å²) < 4.78 is 1.17. The van der Waals surface area contributed by atoms with Crippen molar-refractivity contribution in [1.29, 1.82) is 0 Å². The highest BCUT2D eigenvalue weighted by molar-refractivity contribution is 5.77. The van der Waals surface area contributed by atoms with Crippen molar-refractivity contribution in [3.63, 3.8) is 0 Å². The summed E-state index contributed by atoms with van der Waals surface area (Å²) in [5.74, 6) is 6.48. The van der Waals surface area contributed by atoms with Crippen LogP contribution in [0.2, 0.25) is 0 Å². The van der Waals surface area contributed by atoms with Gasteiger partial charge in [0.25, 0.3) is 5.56 Å². The summed E-state index contributed by atoms with van der Waals surface area (Å²) in [4.78, 5) is 17.4. The van der Waals surface area contributed by atoms with Gasteiger partial charge in [0, 0.05) is 0 Å². The summed E-state index contributed by atoms with van der Waals surface area (Å²) in [5, 5.41) is 0.522. The van der Waals surface area contributed by atoms with Crippen LogP contribution in [0.25, 0.3) is 10.9 Å². The van der Waals surface area contributed by atoms with E-state index in [1.807, 2.05) is 78.9 Å². The molecule has 0 saturated carbocycles. The fourth-order valence-electron chi connectivity index (χ4n) is 3.15. The average molecular weight is 327 g/mol. The summed E-state index contributed by atoms with van der Waals surface area (Å²) in [7, 11) is 0. The lowest BCUT2D eigenvalue weighted by molar-refractivity contribution is 0.756. The Balaban J connectivity index is 2.02. The highest BCUT2D eigenvalue weighted by Gasteiger charge is 2.22. The molecule has 122 valence electrons. The first-order valence-electron chi connectivity index (χ1n) is 8.12. The Morgan fingerprint density at radius 3 is 1.88 bits per heavy atom. The predicted molar refractivity (Wildman–Crippen MR) is 100.0 cm³/mol. The monoisotopic (exact) mass is 327 g/mol. The molecule has 0 unspecified atom stereocenters. The van der Waals surface area contributed by atoms with Crippen LogP contribution >= 0.6 is 0 Å². The van der Waals surface area contributed by atoms with Gasteiger partial charge in [-0.1, -0.05) is 72.8 Å². The molecule has 3 aromatic carbocycles. The number of nitrogens with two attached hydrogens (primary N) is 1. The van der Waals surface area contributed by atoms with E-state index in [4.69, 9.17) is 10.8 Å². The van der Waals surface area contributed by atoms with Gasteiger partial charge < -0.3 is 5.84 Å². The van der Waals surface area contributed by atoms with Crippen LogP contribution in [0.1, 0.15) is 22.9 Å². The SMILES string of the molecule is Nn1c(C(c2ccccc2)c2ccccc2)nc2ccccc2c1=O. The van der Waals surface area contributed by atoms with E-state index < -0.39 is 0 Å². The van der Waals surface area contributed by atoms with Gasteiger partial charge in [0.05, 0.1) is 16.8 Å². The molecule has 0 aliphatic carbocycles. The van der Waals surface area contributed by atoms with Crippen LogP contribution in [0.5, 0.6) is 0 Å². The Hall–Kier alpha value is -3.40. The molecule has 0 aliphatic rings. The third-order valence-corrected chi connectivity index (χ3v) is 4.36. The van der Waals surface area contributed by atoms with E-state index in [-0.39, 0.29) is 11.5 Å². The first-order valence-corrected chi connectivity index (χ1v) is 8.12. The van der Waals surface area contributed by atoms with Crippen molar-refractivity contribution in [1.82, 2.24) is 9.66 Å². The van der Waals surface area contributed by atoms with Crippen LogP contribution < -0.4 is 11.4 Å². The van der Waals surface area contributed by atoms with Gasteiger partial charge >= 0.3 is 0 Å². The molecule has 4 nitrogen and oxygen atoms in total. The summed E-state index contributed by atoms with van der Waals surface area (Å²) in [5.41, 5.74) is 2.49. The number of fused-ring (bicyclic) bond motifs is 1. The highest BCUT2D eigenvalue weighted by atomic mass is 16.1. The van der Waals surface area contributed by atoms with E-state index in [9.17, 15) is 4.79 Å². The molecule has 1 heterocycles. The van der Waals surface area contributed by atoms with Crippen LogP contribution in [0.15, 0.2) is 89.7 Å². The number of aromatic nitrogens is 2. The zero-order valence-electron chi connectivity index (χ0n) is 13.5. The minimum atomic E-state index is -0.238. The maximum absolute atomic E-state index is 12.7. The van der Waals surface area contributed by atoms with Crippen LogP contribution in [0.4, 0.5) is 0 Å². The van der Waals surface area contributed by atoms with Crippen LogP contribution in [-0.4, -0.2) is 9.66 Å².